The van der Waals surface area contributed by atoms with E-state index in [1.165, 1.54) is 21.9 Å². The fourth-order valence-electron chi connectivity index (χ4n) is 1.73. The first-order valence-corrected chi connectivity index (χ1v) is 7.70. The lowest BCUT2D eigenvalue weighted by Crippen LogP contribution is -2.15. The van der Waals surface area contributed by atoms with Crippen LogP contribution in [0.5, 0.6) is 5.75 Å². The summed E-state index contributed by atoms with van der Waals surface area (Å²) >= 11 is 2.97. The van der Waals surface area contributed by atoms with Crippen molar-refractivity contribution in [2.75, 3.05) is 0 Å². The third kappa shape index (κ3) is 2.68. The Bertz CT molecular complexity index is 809. The summed E-state index contributed by atoms with van der Waals surface area (Å²) in [6.45, 7) is 1.85. The Morgan fingerprint density at radius 3 is 2.85 bits per heavy atom. The van der Waals surface area contributed by atoms with Gasteiger partial charge in [0, 0.05) is 16.7 Å². The molecule has 0 bridgehead atoms. The van der Waals surface area contributed by atoms with Crippen molar-refractivity contribution in [1.29, 1.82) is 0 Å². The van der Waals surface area contributed by atoms with Gasteiger partial charge in [-0.3, -0.25) is 4.79 Å². The Kier molecular flexibility index (Phi) is 3.45. The molecule has 2 aromatic heterocycles. The normalized spacial score (nSPS) is 11.1. The number of phenols is 1. The van der Waals surface area contributed by atoms with Crippen LogP contribution in [-0.4, -0.2) is 19.7 Å². The Labute approximate surface area is 122 Å². The molecule has 0 aliphatic rings. The zero-order chi connectivity index (χ0) is 14.1. The molecule has 102 valence electrons. The highest BCUT2D eigenvalue weighted by atomic mass is 32.2. The Morgan fingerprint density at radius 2 is 2.10 bits per heavy atom. The smallest absolute Gasteiger partial charge is 0.275 e. The van der Waals surface area contributed by atoms with Gasteiger partial charge in [-0.2, -0.15) is 9.61 Å². The number of aromatic hydroxyl groups is 1. The van der Waals surface area contributed by atoms with Crippen LogP contribution in [0.25, 0.3) is 4.96 Å². The number of aryl methyl sites for hydroxylation is 1. The molecule has 1 N–H and O–H groups in total. The van der Waals surface area contributed by atoms with Crippen LogP contribution in [0.1, 0.15) is 10.7 Å². The summed E-state index contributed by atoms with van der Waals surface area (Å²) in [6.07, 6.45) is 0. The summed E-state index contributed by atoms with van der Waals surface area (Å²) in [4.78, 5) is 18.0. The highest BCUT2D eigenvalue weighted by Crippen LogP contribution is 2.24. The first kappa shape index (κ1) is 13.1. The third-order valence-corrected chi connectivity index (χ3v) is 4.49. The standard InChI is InChI=1S/C13H11N3O2S2/c1-8-15-16-12(18)6-9(14-13(16)20-8)7-19-11-4-2-10(17)3-5-11/h2-6,17H,7H2,1H3. The lowest BCUT2D eigenvalue weighted by Gasteiger charge is -2.01. The van der Waals surface area contributed by atoms with E-state index in [-0.39, 0.29) is 11.3 Å². The second-order valence-electron chi connectivity index (χ2n) is 4.18. The quantitative estimate of drug-likeness (QED) is 0.753. The van der Waals surface area contributed by atoms with Gasteiger partial charge in [0.15, 0.2) is 0 Å². The Morgan fingerprint density at radius 1 is 1.35 bits per heavy atom. The number of rotatable bonds is 3. The fourth-order valence-corrected chi connectivity index (χ4v) is 3.28. The number of thioether (sulfide) groups is 1. The minimum absolute atomic E-state index is 0.152. The molecule has 0 amide bonds. The Hall–Kier alpha value is -1.86. The molecule has 3 aromatic rings. The molecule has 0 fully saturated rings. The van der Waals surface area contributed by atoms with Gasteiger partial charge in [0.05, 0.1) is 5.69 Å². The van der Waals surface area contributed by atoms with Gasteiger partial charge in [0.1, 0.15) is 10.8 Å². The van der Waals surface area contributed by atoms with Crippen molar-refractivity contribution in [3.8, 4) is 5.75 Å². The summed E-state index contributed by atoms with van der Waals surface area (Å²) in [5, 5.41) is 14.2. The van der Waals surface area contributed by atoms with Crippen LogP contribution in [0.3, 0.4) is 0 Å². The van der Waals surface area contributed by atoms with E-state index >= 15 is 0 Å². The number of hydrogen-bond acceptors (Lipinski definition) is 6. The Balaban J connectivity index is 1.84. The van der Waals surface area contributed by atoms with Crippen molar-refractivity contribution in [2.45, 2.75) is 17.6 Å². The van der Waals surface area contributed by atoms with Crippen LogP contribution in [0.4, 0.5) is 0 Å². The zero-order valence-corrected chi connectivity index (χ0v) is 12.2. The molecule has 0 saturated heterocycles. The molecule has 3 rings (SSSR count). The lowest BCUT2D eigenvalue weighted by atomic mass is 10.3. The van der Waals surface area contributed by atoms with E-state index in [0.29, 0.717) is 10.7 Å². The van der Waals surface area contributed by atoms with Crippen LogP contribution in [0, 0.1) is 6.92 Å². The molecule has 7 heteroatoms. The molecule has 0 radical (unpaired) electrons. The van der Waals surface area contributed by atoms with Crippen molar-refractivity contribution in [3.63, 3.8) is 0 Å². The molecule has 0 saturated carbocycles. The van der Waals surface area contributed by atoms with E-state index in [2.05, 4.69) is 10.1 Å². The minimum Gasteiger partial charge on any atom is -0.508 e. The molecular formula is C13H11N3O2S2. The molecular weight excluding hydrogens is 294 g/mol. The molecule has 0 unspecified atom stereocenters. The van der Waals surface area contributed by atoms with Crippen molar-refractivity contribution in [2.24, 2.45) is 0 Å². The summed E-state index contributed by atoms with van der Waals surface area (Å²) in [5.41, 5.74) is 0.581. The highest BCUT2D eigenvalue weighted by molar-refractivity contribution is 7.98. The summed E-state index contributed by atoms with van der Waals surface area (Å²) in [6, 6.07) is 8.46. The van der Waals surface area contributed by atoms with Crippen LogP contribution in [0.2, 0.25) is 0 Å². The molecule has 0 atom stereocenters. The van der Waals surface area contributed by atoms with Crippen molar-refractivity contribution in [3.05, 3.63) is 51.4 Å². The van der Waals surface area contributed by atoms with Gasteiger partial charge >= 0.3 is 0 Å². The summed E-state index contributed by atoms with van der Waals surface area (Å²) in [5.74, 6) is 0.847. The highest BCUT2D eigenvalue weighted by Gasteiger charge is 2.07. The maximum absolute atomic E-state index is 11.9. The molecule has 1 aromatic carbocycles. The fraction of sp³-hybridized carbons (Fsp3) is 0.154. The SMILES string of the molecule is Cc1nn2c(=O)cc(CSc3ccc(O)cc3)nc2s1. The number of nitrogens with zero attached hydrogens (tertiary/aromatic N) is 3. The average Bonchev–Trinajstić information content (AvgIpc) is 2.79. The topological polar surface area (TPSA) is 67.5 Å². The number of benzene rings is 1. The van der Waals surface area contributed by atoms with E-state index in [9.17, 15) is 9.90 Å². The van der Waals surface area contributed by atoms with E-state index < -0.39 is 0 Å². The summed E-state index contributed by atoms with van der Waals surface area (Å²) < 4.78 is 1.33. The van der Waals surface area contributed by atoms with Gasteiger partial charge in [-0.25, -0.2) is 4.98 Å². The van der Waals surface area contributed by atoms with Gasteiger partial charge in [-0.15, -0.1) is 11.8 Å². The van der Waals surface area contributed by atoms with E-state index in [0.717, 1.165) is 15.6 Å². The molecule has 0 aliphatic carbocycles. The second-order valence-corrected chi connectivity index (χ2v) is 6.39. The molecule has 5 nitrogen and oxygen atoms in total. The lowest BCUT2D eigenvalue weighted by molar-refractivity contribution is 0.475. The number of aromatic nitrogens is 3. The van der Waals surface area contributed by atoms with Gasteiger partial charge in [-0.1, -0.05) is 11.3 Å². The predicted molar refractivity (Wildman–Crippen MR) is 79.5 cm³/mol. The van der Waals surface area contributed by atoms with Gasteiger partial charge in [-0.05, 0) is 31.2 Å². The van der Waals surface area contributed by atoms with E-state index in [4.69, 9.17) is 0 Å². The summed E-state index contributed by atoms with van der Waals surface area (Å²) in [7, 11) is 0. The zero-order valence-electron chi connectivity index (χ0n) is 10.6. The maximum Gasteiger partial charge on any atom is 0.275 e. The third-order valence-electron chi connectivity index (χ3n) is 2.62. The van der Waals surface area contributed by atoms with Crippen LogP contribution >= 0.6 is 23.1 Å². The molecule has 0 spiro atoms. The van der Waals surface area contributed by atoms with E-state index in [1.807, 2.05) is 19.1 Å². The van der Waals surface area contributed by atoms with E-state index in [1.54, 1.807) is 23.9 Å². The molecule has 20 heavy (non-hydrogen) atoms. The number of fused-ring (bicyclic) bond motifs is 1. The maximum atomic E-state index is 11.9. The second kappa shape index (κ2) is 5.26. The van der Waals surface area contributed by atoms with Gasteiger partial charge in [0.25, 0.3) is 5.56 Å². The molecule has 0 aliphatic heterocycles. The van der Waals surface area contributed by atoms with Crippen LogP contribution < -0.4 is 5.56 Å². The number of phenolic OH excluding ortho intramolecular Hbond substituents is 1. The largest absolute Gasteiger partial charge is 0.508 e. The monoisotopic (exact) mass is 305 g/mol. The average molecular weight is 305 g/mol. The number of hydrogen-bond donors (Lipinski definition) is 1. The van der Waals surface area contributed by atoms with Gasteiger partial charge in [0.2, 0.25) is 4.96 Å². The van der Waals surface area contributed by atoms with Crippen molar-refractivity contribution < 1.29 is 5.11 Å². The minimum atomic E-state index is -0.152. The first-order valence-electron chi connectivity index (χ1n) is 5.90. The predicted octanol–water partition coefficient (Wildman–Crippen LogP) is 2.46. The van der Waals surface area contributed by atoms with Gasteiger partial charge < -0.3 is 5.11 Å². The van der Waals surface area contributed by atoms with Crippen molar-refractivity contribution in [1.82, 2.24) is 14.6 Å². The molecule has 2 heterocycles. The van der Waals surface area contributed by atoms with Crippen LogP contribution in [0.15, 0.2) is 40.0 Å². The van der Waals surface area contributed by atoms with Crippen molar-refractivity contribution >= 4 is 28.1 Å². The van der Waals surface area contributed by atoms with Crippen LogP contribution in [-0.2, 0) is 5.75 Å². The first-order chi connectivity index (χ1) is 9.61.